The molecular formula is C29H31BrClNO5S. The number of ketones is 1. The molecule has 2 aromatic carbocycles. The third-order valence-corrected chi connectivity index (χ3v) is 8.80. The van der Waals surface area contributed by atoms with Gasteiger partial charge in [-0.3, -0.25) is 14.6 Å². The number of esters is 1. The molecule has 0 bridgehead atoms. The summed E-state index contributed by atoms with van der Waals surface area (Å²) < 4.78 is 17.5. The van der Waals surface area contributed by atoms with Gasteiger partial charge in [-0.2, -0.15) is 11.8 Å². The van der Waals surface area contributed by atoms with Crippen molar-refractivity contribution in [3.63, 3.8) is 0 Å². The summed E-state index contributed by atoms with van der Waals surface area (Å²) in [5, 5.41) is 0.652. The largest absolute Gasteiger partial charge is 0.493 e. The van der Waals surface area contributed by atoms with Crippen LogP contribution in [0.5, 0.6) is 11.5 Å². The second-order valence-corrected chi connectivity index (χ2v) is 11.9. The molecule has 6 nitrogen and oxygen atoms in total. The van der Waals surface area contributed by atoms with Crippen LogP contribution in [0.25, 0.3) is 0 Å². The van der Waals surface area contributed by atoms with Gasteiger partial charge in [0, 0.05) is 44.6 Å². The molecule has 0 amide bonds. The Morgan fingerprint density at radius 1 is 1.13 bits per heavy atom. The normalized spacial score (nSPS) is 21.1. The predicted octanol–water partition coefficient (Wildman–Crippen LogP) is 6.99. The van der Waals surface area contributed by atoms with Gasteiger partial charge in [0.05, 0.1) is 14.2 Å². The minimum Gasteiger partial charge on any atom is -0.493 e. The number of aliphatic imine (C=N–C) groups is 1. The summed E-state index contributed by atoms with van der Waals surface area (Å²) in [6, 6.07) is 11.2. The number of ether oxygens (including phenoxy) is 3. The van der Waals surface area contributed by atoms with Crippen molar-refractivity contribution in [1.29, 1.82) is 0 Å². The van der Waals surface area contributed by atoms with Gasteiger partial charge in [-0.05, 0) is 60.4 Å². The molecule has 0 saturated carbocycles. The summed E-state index contributed by atoms with van der Waals surface area (Å²) in [6.45, 7) is 4.21. The van der Waals surface area contributed by atoms with Gasteiger partial charge in [0.2, 0.25) is 0 Å². The number of carbonyl (C=O) groups is 2. The fraction of sp³-hybridized carbons (Fsp3) is 0.414. The average molecular weight is 621 g/mol. The maximum absolute atomic E-state index is 13.8. The van der Waals surface area contributed by atoms with Crippen LogP contribution in [-0.2, 0) is 14.3 Å². The zero-order chi connectivity index (χ0) is 27.4. The van der Waals surface area contributed by atoms with Crippen LogP contribution in [0, 0.1) is 5.92 Å². The van der Waals surface area contributed by atoms with Crippen LogP contribution in [0.2, 0.25) is 5.02 Å². The molecule has 202 valence electrons. The molecule has 1 heterocycles. The van der Waals surface area contributed by atoms with Crippen LogP contribution in [0.4, 0.5) is 0 Å². The maximum atomic E-state index is 13.8. The van der Waals surface area contributed by atoms with Crippen LogP contribution < -0.4 is 9.47 Å². The molecule has 0 radical (unpaired) electrons. The molecule has 0 aromatic heterocycles. The first kappa shape index (κ1) is 28.7. The van der Waals surface area contributed by atoms with Gasteiger partial charge >= 0.3 is 5.97 Å². The van der Waals surface area contributed by atoms with Crippen LogP contribution in [0.15, 0.2) is 57.1 Å². The number of halogens is 2. The van der Waals surface area contributed by atoms with Crippen LogP contribution >= 0.6 is 39.3 Å². The van der Waals surface area contributed by atoms with Crippen molar-refractivity contribution in [2.75, 3.05) is 32.3 Å². The van der Waals surface area contributed by atoms with Gasteiger partial charge < -0.3 is 14.2 Å². The molecule has 1 unspecified atom stereocenters. The van der Waals surface area contributed by atoms with Gasteiger partial charge in [-0.1, -0.05) is 46.6 Å². The Bertz CT molecular complexity index is 1280. The van der Waals surface area contributed by atoms with E-state index in [1.165, 1.54) is 0 Å². The number of Topliss-reactive ketones (excluding diaryl/α,β-unsaturated/α-hetero) is 1. The van der Waals surface area contributed by atoms with Crippen molar-refractivity contribution in [3.8, 4) is 11.5 Å². The van der Waals surface area contributed by atoms with Crippen LogP contribution in [-0.4, -0.2) is 49.8 Å². The number of methoxy groups -OCH3 is 2. The molecule has 0 saturated heterocycles. The Kier molecular flexibility index (Phi) is 9.60. The van der Waals surface area contributed by atoms with Crippen LogP contribution in [0.3, 0.4) is 0 Å². The minimum absolute atomic E-state index is 0.0147. The van der Waals surface area contributed by atoms with Crippen molar-refractivity contribution in [1.82, 2.24) is 0 Å². The van der Waals surface area contributed by atoms with E-state index in [4.69, 9.17) is 30.8 Å². The summed E-state index contributed by atoms with van der Waals surface area (Å²) in [4.78, 5) is 32.2. The lowest BCUT2D eigenvalue weighted by atomic mass is 9.69. The lowest BCUT2D eigenvalue weighted by molar-refractivity contribution is -0.145. The highest BCUT2D eigenvalue weighted by molar-refractivity contribution is 9.10. The van der Waals surface area contributed by atoms with E-state index < -0.39 is 11.8 Å². The van der Waals surface area contributed by atoms with Gasteiger partial charge in [-0.15, -0.1) is 0 Å². The highest BCUT2D eigenvalue weighted by Crippen LogP contribution is 2.50. The number of nitrogens with zero attached hydrogens (tertiary/aromatic N) is 1. The molecule has 0 spiro atoms. The zero-order valence-corrected chi connectivity index (χ0v) is 25.0. The highest BCUT2D eigenvalue weighted by atomic mass is 79.9. The molecule has 2 aliphatic rings. The summed E-state index contributed by atoms with van der Waals surface area (Å²) in [7, 11) is 3.13. The Morgan fingerprint density at radius 3 is 2.47 bits per heavy atom. The lowest BCUT2D eigenvalue weighted by Gasteiger charge is -2.37. The van der Waals surface area contributed by atoms with Crippen molar-refractivity contribution in [2.45, 2.75) is 38.5 Å². The minimum atomic E-state index is -0.731. The van der Waals surface area contributed by atoms with E-state index in [2.05, 4.69) is 22.9 Å². The smallest absolute Gasteiger partial charge is 0.315 e. The van der Waals surface area contributed by atoms with Crippen molar-refractivity contribution in [2.24, 2.45) is 10.9 Å². The lowest BCUT2D eigenvalue weighted by Crippen LogP contribution is -2.38. The van der Waals surface area contributed by atoms with E-state index in [-0.39, 0.29) is 17.7 Å². The second-order valence-electron chi connectivity index (χ2n) is 9.24. The Labute approximate surface area is 241 Å². The van der Waals surface area contributed by atoms with E-state index >= 15 is 0 Å². The van der Waals surface area contributed by atoms with Gasteiger partial charge in [0.1, 0.15) is 12.5 Å². The summed E-state index contributed by atoms with van der Waals surface area (Å²) in [5.74, 6) is 1.01. The van der Waals surface area contributed by atoms with Gasteiger partial charge in [0.15, 0.2) is 17.3 Å². The fourth-order valence-electron chi connectivity index (χ4n) is 5.22. The summed E-state index contributed by atoms with van der Waals surface area (Å²) in [6.07, 6.45) is 0.918. The fourth-order valence-corrected chi connectivity index (χ4v) is 6.40. The number of hydrogen-bond acceptors (Lipinski definition) is 7. The number of carbonyl (C=O) groups excluding carboxylic acids is 2. The SMILES string of the molecule is CCSCCOC(=O)C1C(C)=NC2=C(C(=O)C[C@@H](c3ccc(Cl)cc3)C2)[C@H]1c1cc(OC)c(OC)cc1Br. The van der Waals surface area contributed by atoms with Gasteiger partial charge in [-0.25, -0.2) is 0 Å². The quantitative estimate of drug-likeness (QED) is 0.222. The molecule has 9 heteroatoms. The topological polar surface area (TPSA) is 74.2 Å². The van der Waals surface area contributed by atoms with Gasteiger partial charge in [0.25, 0.3) is 0 Å². The van der Waals surface area contributed by atoms with Crippen LogP contribution in [0.1, 0.15) is 49.7 Å². The van der Waals surface area contributed by atoms with Crippen molar-refractivity contribution in [3.05, 3.63) is 68.3 Å². The van der Waals surface area contributed by atoms with Crippen molar-refractivity contribution >= 4 is 56.8 Å². The number of rotatable bonds is 9. The van der Waals surface area contributed by atoms with E-state index in [9.17, 15) is 9.59 Å². The molecule has 3 atom stereocenters. The first-order valence-corrected chi connectivity index (χ1v) is 14.8. The molecule has 1 aliphatic carbocycles. The molecule has 38 heavy (non-hydrogen) atoms. The zero-order valence-electron chi connectivity index (χ0n) is 21.9. The third-order valence-electron chi connectivity index (χ3n) is 7.00. The predicted molar refractivity (Wildman–Crippen MR) is 156 cm³/mol. The molecule has 0 N–H and O–H groups in total. The van der Waals surface area contributed by atoms with E-state index in [1.807, 2.05) is 37.3 Å². The first-order valence-electron chi connectivity index (χ1n) is 12.5. The summed E-state index contributed by atoms with van der Waals surface area (Å²) in [5.41, 5.74) is 3.72. The van der Waals surface area contributed by atoms with E-state index in [0.717, 1.165) is 22.6 Å². The van der Waals surface area contributed by atoms with E-state index in [0.29, 0.717) is 57.5 Å². The molecule has 1 aliphatic heterocycles. The third kappa shape index (κ3) is 5.97. The highest BCUT2D eigenvalue weighted by Gasteiger charge is 2.45. The Balaban J connectivity index is 1.79. The van der Waals surface area contributed by atoms with Crippen molar-refractivity contribution < 1.29 is 23.8 Å². The monoisotopic (exact) mass is 619 g/mol. The molecule has 2 aromatic rings. The second kappa shape index (κ2) is 12.7. The average Bonchev–Trinajstić information content (AvgIpc) is 2.90. The standard InChI is InChI=1S/C29H31BrClNO5S/c1-5-38-11-10-37-29(34)26-16(2)32-22-12-18(17-6-8-19(31)9-7-17)13-23(33)28(22)27(26)20-14-24(35-3)25(36-4)15-21(20)30/h6-9,14-15,18,26-27H,5,10-13H2,1-4H3/t18-,26?,27-/m0/s1. The Hall–Kier alpha value is -2.29. The molecular weight excluding hydrogens is 590 g/mol. The number of allylic oxidation sites excluding steroid dienone is 2. The maximum Gasteiger partial charge on any atom is 0.315 e. The molecule has 4 rings (SSSR count). The number of hydrogen-bond donors (Lipinski definition) is 0. The first-order chi connectivity index (χ1) is 18.3. The Morgan fingerprint density at radius 2 is 1.82 bits per heavy atom. The molecule has 0 fully saturated rings. The van der Waals surface area contributed by atoms with E-state index in [1.54, 1.807) is 32.0 Å². The number of thioether (sulfide) groups is 1. The number of benzene rings is 2. The summed E-state index contributed by atoms with van der Waals surface area (Å²) >= 11 is 11.5.